The van der Waals surface area contributed by atoms with Gasteiger partial charge in [0.15, 0.2) is 0 Å². The summed E-state index contributed by atoms with van der Waals surface area (Å²) in [4.78, 5) is 12.9. The largest absolute Gasteiger partial charge is 0.376 e. The van der Waals surface area contributed by atoms with Crippen LogP contribution in [0.4, 0.5) is 0 Å². The van der Waals surface area contributed by atoms with Gasteiger partial charge < -0.3 is 10.1 Å². The highest BCUT2D eigenvalue weighted by Gasteiger charge is 2.22. The fraction of sp³-hybridized carbons (Fsp3) is 0.238. The highest BCUT2D eigenvalue weighted by atomic mass is 35.5. The number of aromatic nitrogens is 2. The summed E-state index contributed by atoms with van der Waals surface area (Å²) in [6.07, 6.45) is 3.70. The van der Waals surface area contributed by atoms with Crippen molar-refractivity contribution in [3.05, 3.63) is 71.4 Å². The molecule has 27 heavy (non-hydrogen) atoms. The predicted molar refractivity (Wildman–Crippen MR) is 105 cm³/mol. The first-order valence-corrected chi connectivity index (χ1v) is 9.40. The lowest BCUT2D eigenvalue weighted by molar-refractivity contribution is 0.0858. The molecule has 2 aromatic carbocycles. The Morgan fingerprint density at radius 1 is 1.19 bits per heavy atom. The van der Waals surface area contributed by atoms with Crippen LogP contribution in [0.2, 0.25) is 5.02 Å². The van der Waals surface area contributed by atoms with Gasteiger partial charge in [0.25, 0.3) is 5.91 Å². The van der Waals surface area contributed by atoms with Gasteiger partial charge in [-0.05, 0) is 25.0 Å². The number of halogens is 1. The third-order valence-electron chi connectivity index (χ3n) is 4.66. The number of nitrogens with one attached hydrogen (secondary N) is 1. The van der Waals surface area contributed by atoms with Crippen molar-refractivity contribution in [2.75, 3.05) is 13.2 Å². The molecule has 0 unspecified atom stereocenters. The Kier molecular flexibility index (Phi) is 5.23. The van der Waals surface area contributed by atoms with Gasteiger partial charge in [-0.25, -0.2) is 4.68 Å². The van der Waals surface area contributed by atoms with Gasteiger partial charge in [0.05, 0.1) is 34.3 Å². The van der Waals surface area contributed by atoms with E-state index >= 15 is 0 Å². The van der Waals surface area contributed by atoms with Crippen LogP contribution in [0.15, 0.2) is 60.8 Å². The number of benzene rings is 2. The predicted octanol–water partition coefficient (Wildman–Crippen LogP) is 4.10. The Morgan fingerprint density at radius 2 is 1.96 bits per heavy atom. The lowest BCUT2D eigenvalue weighted by atomic mass is 10.1. The van der Waals surface area contributed by atoms with Crippen molar-refractivity contribution in [2.45, 2.75) is 18.9 Å². The molecule has 3 aromatic rings. The molecule has 2 heterocycles. The number of para-hydroxylation sites is 1. The van der Waals surface area contributed by atoms with Crippen LogP contribution in [-0.2, 0) is 4.74 Å². The summed E-state index contributed by atoms with van der Waals surface area (Å²) in [6.45, 7) is 1.27. The SMILES string of the molecule is O=C(NC[C@@H]1CCCO1)c1cnn(-c2ccccc2Cl)c1-c1ccccc1. The number of hydrogen-bond donors (Lipinski definition) is 1. The molecule has 6 heteroatoms. The first kappa shape index (κ1) is 17.8. The van der Waals surface area contributed by atoms with E-state index in [1.165, 1.54) is 0 Å². The molecule has 4 rings (SSSR count). The number of hydrogen-bond acceptors (Lipinski definition) is 3. The van der Waals surface area contributed by atoms with E-state index in [4.69, 9.17) is 16.3 Å². The first-order chi connectivity index (χ1) is 13.2. The second-order valence-corrected chi connectivity index (χ2v) is 6.89. The highest BCUT2D eigenvalue weighted by molar-refractivity contribution is 6.32. The Bertz CT molecular complexity index is 934. The molecule has 1 N–H and O–H groups in total. The van der Waals surface area contributed by atoms with Crippen molar-refractivity contribution in [3.8, 4) is 16.9 Å². The van der Waals surface area contributed by atoms with Crippen molar-refractivity contribution >= 4 is 17.5 Å². The minimum atomic E-state index is -0.164. The first-order valence-electron chi connectivity index (χ1n) is 9.02. The summed E-state index contributed by atoms with van der Waals surface area (Å²) in [5.74, 6) is -0.164. The van der Waals surface area contributed by atoms with E-state index in [9.17, 15) is 4.79 Å². The maximum absolute atomic E-state index is 12.9. The molecule has 1 fully saturated rings. The molecular weight excluding hydrogens is 362 g/mol. The van der Waals surface area contributed by atoms with Gasteiger partial charge in [0.2, 0.25) is 0 Å². The number of nitrogens with zero attached hydrogens (tertiary/aromatic N) is 2. The molecule has 0 bridgehead atoms. The molecule has 138 valence electrons. The molecule has 1 amide bonds. The third-order valence-corrected chi connectivity index (χ3v) is 4.98. The average molecular weight is 382 g/mol. The van der Waals surface area contributed by atoms with E-state index in [1.807, 2.05) is 54.6 Å². The molecule has 5 nitrogen and oxygen atoms in total. The van der Waals surface area contributed by atoms with Crippen LogP contribution in [-0.4, -0.2) is 34.9 Å². The van der Waals surface area contributed by atoms with Crippen LogP contribution in [0.5, 0.6) is 0 Å². The van der Waals surface area contributed by atoms with Crippen LogP contribution in [0.3, 0.4) is 0 Å². The van der Waals surface area contributed by atoms with Crippen molar-refractivity contribution in [2.24, 2.45) is 0 Å². The van der Waals surface area contributed by atoms with Gasteiger partial charge in [0, 0.05) is 18.7 Å². The van der Waals surface area contributed by atoms with E-state index in [1.54, 1.807) is 10.9 Å². The van der Waals surface area contributed by atoms with Gasteiger partial charge in [-0.3, -0.25) is 4.79 Å². The van der Waals surface area contributed by atoms with Crippen LogP contribution in [0.25, 0.3) is 16.9 Å². The second-order valence-electron chi connectivity index (χ2n) is 6.48. The Hall–Kier alpha value is -2.63. The molecule has 0 radical (unpaired) electrons. The summed E-state index contributed by atoms with van der Waals surface area (Å²) in [5.41, 5.74) is 2.86. The van der Waals surface area contributed by atoms with Crippen molar-refractivity contribution < 1.29 is 9.53 Å². The van der Waals surface area contributed by atoms with Gasteiger partial charge >= 0.3 is 0 Å². The summed E-state index contributed by atoms with van der Waals surface area (Å²) >= 11 is 6.38. The molecule has 1 aromatic heterocycles. The van der Waals surface area contributed by atoms with Crippen LogP contribution in [0.1, 0.15) is 23.2 Å². The van der Waals surface area contributed by atoms with Crippen molar-refractivity contribution in [3.63, 3.8) is 0 Å². The molecule has 1 aliphatic heterocycles. The minimum Gasteiger partial charge on any atom is -0.376 e. The number of carbonyl (C=O) groups excluding carboxylic acids is 1. The lowest BCUT2D eigenvalue weighted by Crippen LogP contribution is -2.31. The maximum atomic E-state index is 12.9. The Balaban J connectivity index is 1.71. The number of ether oxygens (including phenoxy) is 1. The quantitative estimate of drug-likeness (QED) is 0.723. The summed E-state index contributed by atoms with van der Waals surface area (Å²) in [5, 5.41) is 8.02. The smallest absolute Gasteiger partial charge is 0.255 e. The molecule has 0 aliphatic carbocycles. The molecule has 1 saturated heterocycles. The molecular formula is C21H20ClN3O2. The van der Waals surface area contributed by atoms with Gasteiger partial charge in [-0.2, -0.15) is 5.10 Å². The standard InChI is InChI=1S/C21H20ClN3O2/c22-18-10-4-5-11-19(18)25-20(15-7-2-1-3-8-15)17(14-24-25)21(26)23-13-16-9-6-12-27-16/h1-5,7-8,10-11,14,16H,6,9,12-13H2,(H,23,26)/t16-/m0/s1. The Labute approximate surface area is 162 Å². The second kappa shape index (κ2) is 7.94. The van der Waals surface area contributed by atoms with Gasteiger partial charge in [-0.15, -0.1) is 0 Å². The fourth-order valence-corrected chi connectivity index (χ4v) is 3.52. The van der Waals surface area contributed by atoms with Crippen molar-refractivity contribution in [1.82, 2.24) is 15.1 Å². The minimum absolute atomic E-state index is 0.0905. The maximum Gasteiger partial charge on any atom is 0.255 e. The molecule has 1 atom stereocenters. The zero-order valence-electron chi connectivity index (χ0n) is 14.8. The van der Waals surface area contributed by atoms with Crippen LogP contribution < -0.4 is 5.32 Å². The van der Waals surface area contributed by atoms with E-state index in [2.05, 4.69) is 10.4 Å². The molecule has 1 aliphatic rings. The van der Waals surface area contributed by atoms with Gasteiger partial charge in [0.1, 0.15) is 0 Å². The number of rotatable bonds is 5. The zero-order chi connectivity index (χ0) is 18.6. The third kappa shape index (κ3) is 3.75. The van der Waals surface area contributed by atoms with E-state index in [0.29, 0.717) is 22.8 Å². The van der Waals surface area contributed by atoms with E-state index in [-0.39, 0.29) is 12.0 Å². The van der Waals surface area contributed by atoms with E-state index < -0.39 is 0 Å². The summed E-state index contributed by atoms with van der Waals surface area (Å²) in [6, 6.07) is 17.2. The van der Waals surface area contributed by atoms with Crippen LogP contribution >= 0.6 is 11.6 Å². The monoisotopic (exact) mass is 381 g/mol. The summed E-state index contributed by atoms with van der Waals surface area (Å²) < 4.78 is 7.31. The highest BCUT2D eigenvalue weighted by Crippen LogP contribution is 2.29. The zero-order valence-corrected chi connectivity index (χ0v) is 15.5. The summed E-state index contributed by atoms with van der Waals surface area (Å²) in [7, 11) is 0. The lowest BCUT2D eigenvalue weighted by Gasteiger charge is -2.13. The van der Waals surface area contributed by atoms with E-state index in [0.717, 1.165) is 30.7 Å². The van der Waals surface area contributed by atoms with Gasteiger partial charge in [-0.1, -0.05) is 54.1 Å². The van der Waals surface area contributed by atoms with Crippen LogP contribution in [0, 0.1) is 0 Å². The normalized spacial score (nSPS) is 16.4. The topological polar surface area (TPSA) is 56.1 Å². The van der Waals surface area contributed by atoms with Crippen molar-refractivity contribution in [1.29, 1.82) is 0 Å². The molecule has 0 spiro atoms. The molecule has 0 saturated carbocycles. The fourth-order valence-electron chi connectivity index (χ4n) is 3.30. The average Bonchev–Trinajstić information content (AvgIpc) is 3.37. The number of amides is 1. The number of carbonyl (C=O) groups is 1. The Morgan fingerprint density at radius 3 is 2.70 bits per heavy atom.